The van der Waals surface area contributed by atoms with E-state index >= 15 is 0 Å². The van der Waals surface area contributed by atoms with E-state index in [1.165, 1.54) is 0 Å². The number of carbonyl (C=O) groups is 2. The molecule has 0 aliphatic carbocycles. The SMILES string of the molecule is O=C(O)C1CC(=O)N(Cc2cc(Cl)cc(Br)c2)C1. The first-order chi connectivity index (χ1) is 8.45. The van der Waals surface area contributed by atoms with E-state index in [2.05, 4.69) is 15.9 Å². The van der Waals surface area contributed by atoms with Crippen molar-refractivity contribution in [3.63, 3.8) is 0 Å². The summed E-state index contributed by atoms with van der Waals surface area (Å²) in [6.07, 6.45) is 0.0804. The van der Waals surface area contributed by atoms with Crippen molar-refractivity contribution in [2.45, 2.75) is 13.0 Å². The number of rotatable bonds is 3. The van der Waals surface area contributed by atoms with Gasteiger partial charge in [0, 0.05) is 29.0 Å². The zero-order valence-corrected chi connectivity index (χ0v) is 11.7. The molecule has 1 fully saturated rings. The number of likely N-dealkylation sites (tertiary alicyclic amines) is 1. The van der Waals surface area contributed by atoms with Gasteiger partial charge in [-0.3, -0.25) is 9.59 Å². The van der Waals surface area contributed by atoms with Gasteiger partial charge in [0.05, 0.1) is 5.92 Å². The molecule has 1 aromatic carbocycles. The molecule has 1 saturated heterocycles. The summed E-state index contributed by atoms with van der Waals surface area (Å²) in [4.78, 5) is 24.1. The largest absolute Gasteiger partial charge is 0.481 e. The maximum atomic E-state index is 11.7. The van der Waals surface area contributed by atoms with Crippen LogP contribution in [0.3, 0.4) is 0 Å². The molecule has 6 heteroatoms. The van der Waals surface area contributed by atoms with Crippen LogP contribution in [0.15, 0.2) is 22.7 Å². The highest BCUT2D eigenvalue weighted by Gasteiger charge is 2.34. The Kier molecular flexibility index (Phi) is 3.92. The van der Waals surface area contributed by atoms with Gasteiger partial charge in [0.1, 0.15) is 0 Å². The van der Waals surface area contributed by atoms with Crippen LogP contribution in [0.5, 0.6) is 0 Å². The van der Waals surface area contributed by atoms with Crippen molar-refractivity contribution >= 4 is 39.4 Å². The van der Waals surface area contributed by atoms with Crippen LogP contribution in [0.1, 0.15) is 12.0 Å². The smallest absolute Gasteiger partial charge is 0.308 e. The molecule has 0 saturated carbocycles. The minimum absolute atomic E-state index is 0.0804. The van der Waals surface area contributed by atoms with Crippen molar-refractivity contribution in [1.29, 1.82) is 0 Å². The standard InChI is InChI=1S/C12H11BrClNO3/c13-9-1-7(2-10(14)4-9)5-15-6-8(12(17)18)3-11(15)16/h1-2,4,8H,3,5-6H2,(H,17,18). The summed E-state index contributed by atoms with van der Waals surface area (Å²) in [6.45, 7) is 0.653. The van der Waals surface area contributed by atoms with E-state index in [9.17, 15) is 9.59 Å². The van der Waals surface area contributed by atoms with Crippen LogP contribution < -0.4 is 0 Å². The molecular weight excluding hydrogens is 321 g/mol. The average molecular weight is 333 g/mol. The van der Waals surface area contributed by atoms with Gasteiger partial charge in [0.2, 0.25) is 5.91 Å². The highest BCUT2D eigenvalue weighted by molar-refractivity contribution is 9.10. The van der Waals surface area contributed by atoms with E-state index in [0.29, 0.717) is 11.6 Å². The Bertz CT molecular complexity index is 486. The maximum absolute atomic E-state index is 11.7. The summed E-state index contributed by atoms with van der Waals surface area (Å²) < 4.78 is 0.839. The monoisotopic (exact) mass is 331 g/mol. The van der Waals surface area contributed by atoms with Gasteiger partial charge >= 0.3 is 5.97 Å². The van der Waals surface area contributed by atoms with Gasteiger partial charge in [-0.05, 0) is 23.8 Å². The number of hydrogen-bond donors (Lipinski definition) is 1. The van der Waals surface area contributed by atoms with Crippen LogP contribution in [-0.2, 0) is 16.1 Å². The minimum atomic E-state index is -0.918. The third-order valence-electron chi connectivity index (χ3n) is 2.86. The maximum Gasteiger partial charge on any atom is 0.308 e. The summed E-state index contributed by atoms with van der Waals surface area (Å²) in [5.74, 6) is -1.64. The number of nitrogens with zero attached hydrogens (tertiary/aromatic N) is 1. The van der Waals surface area contributed by atoms with Crippen LogP contribution in [0.2, 0.25) is 5.02 Å². The van der Waals surface area contributed by atoms with Gasteiger partial charge in [-0.1, -0.05) is 27.5 Å². The molecule has 18 heavy (non-hydrogen) atoms. The summed E-state index contributed by atoms with van der Waals surface area (Å²) in [5.41, 5.74) is 0.883. The van der Waals surface area contributed by atoms with Gasteiger partial charge < -0.3 is 10.0 Å². The van der Waals surface area contributed by atoms with Crippen LogP contribution in [0.4, 0.5) is 0 Å². The van der Waals surface area contributed by atoms with Crippen molar-refractivity contribution in [1.82, 2.24) is 4.90 Å². The lowest BCUT2D eigenvalue weighted by molar-refractivity contribution is -0.141. The Balaban J connectivity index is 2.10. The number of carboxylic acids is 1. The molecule has 1 aliphatic rings. The summed E-state index contributed by atoms with van der Waals surface area (Å²) >= 11 is 9.25. The molecule has 0 radical (unpaired) electrons. The third-order valence-corrected chi connectivity index (χ3v) is 3.54. The highest BCUT2D eigenvalue weighted by atomic mass is 79.9. The number of hydrogen-bond acceptors (Lipinski definition) is 2. The summed E-state index contributed by atoms with van der Waals surface area (Å²) in [5, 5.41) is 9.48. The van der Waals surface area contributed by atoms with Gasteiger partial charge in [0.15, 0.2) is 0 Å². The number of carbonyl (C=O) groups excluding carboxylic acids is 1. The van der Waals surface area contributed by atoms with Gasteiger partial charge in [-0.15, -0.1) is 0 Å². The number of amides is 1. The fraction of sp³-hybridized carbons (Fsp3) is 0.333. The normalized spacial score (nSPS) is 19.3. The second-order valence-corrected chi connectivity index (χ2v) is 5.64. The lowest BCUT2D eigenvalue weighted by atomic mass is 10.1. The lowest BCUT2D eigenvalue weighted by Gasteiger charge is -2.16. The van der Waals surface area contributed by atoms with Crippen LogP contribution in [0.25, 0.3) is 0 Å². The molecule has 1 aliphatic heterocycles. The van der Waals surface area contributed by atoms with Crippen molar-refractivity contribution < 1.29 is 14.7 Å². The summed E-state index contributed by atoms with van der Waals surface area (Å²) in [6, 6.07) is 5.40. The van der Waals surface area contributed by atoms with Gasteiger partial charge in [-0.2, -0.15) is 0 Å². The lowest BCUT2D eigenvalue weighted by Crippen LogP contribution is -2.25. The van der Waals surface area contributed by atoms with E-state index in [-0.39, 0.29) is 18.9 Å². The van der Waals surface area contributed by atoms with E-state index in [0.717, 1.165) is 10.0 Å². The van der Waals surface area contributed by atoms with E-state index < -0.39 is 11.9 Å². The Morgan fingerprint density at radius 2 is 2.22 bits per heavy atom. The Morgan fingerprint density at radius 3 is 2.78 bits per heavy atom. The molecule has 1 N–H and O–H groups in total. The molecule has 2 rings (SSSR count). The van der Waals surface area contributed by atoms with Crippen LogP contribution >= 0.6 is 27.5 Å². The molecule has 1 heterocycles. The molecular formula is C12H11BrClNO3. The van der Waals surface area contributed by atoms with Crippen LogP contribution in [0, 0.1) is 5.92 Å². The fourth-order valence-electron chi connectivity index (χ4n) is 2.01. The Morgan fingerprint density at radius 1 is 1.50 bits per heavy atom. The molecule has 1 unspecified atom stereocenters. The predicted octanol–water partition coefficient (Wildman–Crippen LogP) is 2.54. The van der Waals surface area contributed by atoms with Crippen molar-refractivity contribution in [2.75, 3.05) is 6.54 Å². The molecule has 1 amide bonds. The van der Waals surface area contributed by atoms with E-state index in [4.69, 9.17) is 16.7 Å². The second kappa shape index (κ2) is 5.28. The molecule has 0 bridgehead atoms. The number of carboxylic acid groups (broad SMARTS) is 1. The van der Waals surface area contributed by atoms with Gasteiger partial charge in [-0.25, -0.2) is 0 Å². The van der Waals surface area contributed by atoms with Crippen molar-refractivity contribution in [2.24, 2.45) is 5.92 Å². The average Bonchev–Trinajstić information content (AvgIpc) is 2.59. The first-order valence-electron chi connectivity index (χ1n) is 5.41. The topological polar surface area (TPSA) is 57.6 Å². The first-order valence-corrected chi connectivity index (χ1v) is 6.58. The number of benzene rings is 1. The van der Waals surface area contributed by atoms with Crippen molar-refractivity contribution in [3.05, 3.63) is 33.3 Å². The second-order valence-electron chi connectivity index (χ2n) is 4.29. The predicted molar refractivity (Wildman–Crippen MR) is 70.3 cm³/mol. The minimum Gasteiger partial charge on any atom is -0.481 e. The molecule has 96 valence electrons. The molecule has 1 atom stereocenters. The molecule has 4 nitrogen and oxygen atoms in total. The highest BCUT2D eigenvalue weighted by Crippen LogP contribution is 2.24. The quantitative estimate of drug-likeness (QED) is 0.925. The van der Waals surface area contributed by atoms with Gasteiger partial charge in [0.25, 0.3) is 0 Å². The Hall–Kier alpha value is -1.07. The summed E-state index contributed by atoms with van der Waals surface area (Å²) in [7, 11) is 0. The number of halogens is 2. The molecule has 0 aromatic heterocycles. The number of aliphatic carboxylic acids is 1. The van der Waals surface area contributed by atoms with E-state index in [1.54, 1.807) is 17.0 Å². The zero-order chi connectivity index (χ0) is 13.3. The van der Waals surface area contributed by atoms with Crippen molar-refractivity contribution in [3.8, 4) is 0 Å². The first kappa shape index (κ1) is 13.4. The fourth-order valence-corrected chi connectivity index (χ4v) is 2.94. The zero-order valence-electron chi connectivity index (χ0n) is 9.40. The Labute approximate surface area is 118 Å². The molecule has 0 spiro atoms. The van der Waals surface area contributed by atoms with E-state index in [1.807, 2.05) is 6.07 Å². The molecule has 1 aromatic rings. The van der Waals surface area contributed by atoms with Crippen LogP contribution in [-0.4, -0.2) is 28.4 Å². The third kappa shape index (κ3) is 3.03.